The van der Waals surface area contributed by atoms with Crippen LogP contribution in [-0.4, -0.2) is 43.4 Å². The number of hydrogen-bond acceptors (Lipinski definition) is 3. The third-order valence-corrected chi connectivity index (χ3v) is 4.25. The minimum Gasteiger partial charge on any atom is -0.346 e. The number of benzene rings is 1. The molecule has 3 rings (SSSR count). The standard InChI is InChI=1S/C16H19F2N3O2.ClH/c17-16(18)8-12(20-10-16)15(23)19-9-14(22)21-7-3-5-11-4-1-2-6-13(11)21;/h1-2,4,6,12,20H,3,5,7-10H2,(H,19,23);1H. The number of aryl methyl sites for hydroxylation is 1. The minimum atomic E-state index is -2.86. The molecule has 24 heavy (non-hydrogen) atoms. The summed E-state index contributed by atoms with van der Waals surface area (Å²) in [6.45, 7) is -0.0824. The van der Waals surface area contributed by atoms with Gasteiger partial charge in [0, 0.05) is 18.7 Å². The van der Waals surface area contributed by atoms with Crippen LogP contribution in [0.2, 0.25) is 0 Å². The van der Waals surface area contributed by atoms with Gasteiger partial charge in [-0.25, -0.2) is 8.78 Å². The van der Waals surface area contributed by atoms with Crippen LogP contribution in [0.25, 0.3) is 0 Å². The van der Waals surface area contributed by atoms with Gasteiger partial charge in [0.25, 0.3) is 5.92 Å². The first kappa shape index (κ1) is 18.6. The Kier molecular flexibility index (Phi) is 5.77. The topological polar surface area (TPSA) is 61.4 Å². The Morgan fingerprint density at radius 1 is 1.33 bits per heavy atom. The van der Waals surface area contributed by atoms with Gasteiger partial charge in [-0.2, -0.15) is 0 Å². The van der Waals surface area contributed by atoms with Crippen LogP contribution >= 0.6 is 12.4 Å². The normalized spacial score (nSPS) is 21.6. The Bertz CT molecular complexity index is 627. The summed E-state index contributed by atoms with van der Waals surface area (Å²) in [6, 6.07) is 6.73. The molecule has 1 aromatic rings. The van der Waals surface area contributed by atoms with E-state index < -0.39 is 30.8 Å². The number of nitrogens with one attached hydrogen (secondary N) is 2. The number of halogens is 3. The summed E-state index contributed by atoms with van der Waals surface area (Å²) in [5.74, 6) is -3.64. The van der Waals surface area contributed by atoms with Crippen molar-refractivity contribution in [1.82, 2.24) is 10.6 Å². The van der Waals surface area contributed by atoms with Crippen LogP contribution in [-0.2, 0) is 16.0 Å². The highest BCUT2D eigenvalue weighted by Gasteiger charge is 2.42. The number of hydrogen-bond donors (Lipinski definition) is 2. The number of nitrogens with zero attached hydrogens (tertiary/aromatic N) is 1. The summed E-state index contributed by atoms with van der Waals surface area (Å²) in [4.78, 5) is 25.9. The number of para-hydroxylation sites is 1. The van der Waals surface area contributed by atoms with Gasteiger partial charge in [-0.1, -0.05) is 18.2 Å². The molecule has 1 aromatic carbocycles. The van der Waals surface area contributed by atoms with E-state index in [1.165, 1.54) is 0 Å². The van der Waals surface area contributed by atoms with Crippen LogP contribution in [0.15, 0.2) is 24.3 Å². The van der Waals surface area contributed by atoms with E-state index in [0.29, 0.717) is 6.54 Å². The van der Waals surface area contributed by atoms with E-state index in [4.69, 9.17) is 0 Å². The number of carbonyl (C=O) groups excluding carboxylic acids is 2. The van der Waals surface area contributed by atoms with Crippen LogP contribution in [0.4, 0.5) is 14.5 Å². The van der Waals surface area contributed by atoms with Crippen LogP contribution in [0.5, 0.6) is 0 Å². The molecular formula is C16H20ClF2N3O2. The molecular weight excluding hydrogens is 340 g/mol. The molecule has 2 N–H and O–H groups in total. The number of amides is 2. The highest BCUT2D eigenvalue weighted by atomic mass is 35.5. The first-order chi connectivity index (χ1) is 11.0. The monoisotopic (exact) mass is 359 g/mol. The maximum absolute atomic E-state index is 13.1. The Balaban J connectivity index is 0.00000208. The van der Waals surface area contributed by atoms with Gasteiger partial charge in [0.15, 0.2) is 0 Å². The Labute approximate surface area is 145 Å². The zero-order valence-electron chi connectivity index (χ0n) is 13.1. The summed E-state index contributed by atoms with van der Waals surface area (Å²) in [5.41, 5.74) is 1.97. The van der Waals surface area contributed by atoms with Crippen molar-refractivity contribution < 1.29 is 18.4 Å². The van der Waals surface area contributed by atoms with Crippen molar-refractivity contribution in [1.29, 1.82) is 0 Å². The second-order valence-corrected chi connectivity index (χ2v) is 5.99. The van der Waals surface area contributed by atoms with Crippen LogP contribution < -0.4 is 15.5 Å². The van der Waals surface area contributed by atoms with Gasteiger partial charge in [-0.3, -0.25) is 14.9 Å². The Hall–Kier alpha value is -1.73. The van der Waals surface area contributed by atoms with Crippen molar-refractivity contribution in [2.75, 3.05) is 24.5 Å². The summed E-state index contributed by atoms with van der Waals surface area (Å²) in [6.07, 6.45) is 1.26. The number of carbonyl (C=O) groups is 2. The second kappa shape index (κ2) is 7.44. The highest BCUT2D eigenvalue weighted by molar-refractivity contribution is 5.98. The molecule has 2 aliphatic heterocycles. The number of rotatable bonds is 3. The molecule has 1 saturated heterocycles. The zero-order chi connectivity index (χ0) is 16.4. The van der Waals surface area contributed by atoms with Crippen molar-refractivity contribution >= 4 is 29.9 Å². The van der Waals surface area contributed by atoms with Crippen LogP contribution in [0, 0.1) is 0 Å². The maximum Gasteiger partial charge on any atom is 0.262 e. The lowest BCUT2D eigenvalue weighted by Gasteiger charge is -2.29. The van der Waals surface area contributed by atoms with Crippen molar-refractivity contribution in [3.05, 3.63) is 29.8 Å². The lowest BCUT2D eigenvalue weighted by Crippen LogP contribution is -2.47. The second-order valence-electron chi connectivity index (χ2n) is 5.99. The fourth-order valence-corrected chi connectivity index (χ4v) is 3.07. The van der Waals surface area contributed by atoms with Gasteiger partial charge in [0.1, 0.15) is 0 Å². The summed E-state index contributed by atoms with van der Waals surface area (Å²) >= 11 is 0. The molecule has 0 bridgehead atoms. The van der Waals surface area contributed by atoms with Gasteiger partial charge in [-0.15, -0.1) is 12.4 Å². The first-order valence-corrected chi connectivity index (χ1v) is 7.73. The third-order valence-electron chi connectivity index (χ3n) is 4.25. The molecule has 2 heterocycles. The predicted octanol–water partition coefficient (Wildman–Crippen LogP) is 1.50. The smallest absolute Gasteiger partial charge is 0.262 e. The van der Waals surface area contributed by atoms with Crippen molar-refractivity contribution in [2.24, 2.45) is 0 Å². The van der Waals surface area contributed by atoms with E-state index in [-0.39, 0.29) is 24.9 Å². The molecule has 1 fully saturated rings. The zero-order valence-corrected chi connectivity index (χ0v) is 13.9. The van der Waals surface area contributed by atoms with Crippen molar-refractivity contribution in [3.8, 4) is 0 Å². The maximum atomic E-state index is 13.1. The molecule has 2 amide bonds. The van der Waals surface area contributed by atoms with E-state index in [2.05, 4.69) is 10.6 Å². The summed E-state index contributed by atoms with van der Waals surface area (Å²) < 4.78 is 26.2. The quantitative estimate of drug-likeness (QED) is 0.860. The van der Waals surface area contributed by atoms with Crippen molar-refractivity contribution in [3.63, 3.8) is 0 Å². The number of anilines is 1. The molecule has 132 valence electrons. The Morgan fingerprint density at radius 3 is 2.79 bits per heavy atom. The third kappa shape index (κ3) is 4.02. The van der Waals surface area contributed by atoms with Gasteiger partial charge >= 0.3 is 0 Å². The van der Waals surface area contributed by atoms with Gasteiger partial charge in [-0.05, 0) is 24.5 Å². The number of alkyl halides is 2. The fraction of sp³-hybridized carbons (Fsp3) is 0.500. The lowest BCUT2D eigenvalue weighted by atomic mass is 10.0. The molecule has 5 nitrogen and oxygen atoms in total. The van der Waals surface area contributed by atoms with E-state index in [0.717, 1.165) is 24.1 Å². The average Bonchev–Trinajstić information content (AvgIpc) is 2.92. The van der Waals surface area contributed by atoms with Gasteiger partial charge in [0.05, 0.1) is 19.1 Å². The molecule has 0 aromatic heterocycles. The lowest BCUT2D eigenvalue weighted by molar-refractivity contribution is -0.126. The SMILES string of the molecule is Cl.O=C(NCC(=O)N1CCCc2ccccc21)C1CC(F)(F)CN1. The van der Waals surface area contributed by atoms with Crippen LogP contribution in [0.3, 0.4) is 0 Å². The number of fused-ring (bicyclic) bond motifs is 1. The largest absolute Gasteiger partial charge is 0.346 e. The highest BCUT2D eigenvalue weighted by Crippen LogP contribution is 2.27. The fourth-order valence-electron chi connectivity index (χ4n) is 3.07. The molecule has 1 atom stereocenters. The van der Waals surface area contributed by atoms with E-state index in [1.807, 2.05) is 24.3 Å². The molecule has 2 aliphatic rings. The first-order valence-electron chi connectivity index (χ1n) is 7.73. The summed E-state index contributed by atoms with van der Waals surface area (Å²) in [5, 5.41) is 4.94. The predicted molar refractivity (Wildman–Crippen MR) is 88.7 cm³/mol. The van der Waals surface area contributed by atoms with Gasteiger partial charge < -0.3 is 10.2 Å². The van der Waals surface area contributed by atoms with Gasteiger partial charge in [0.2, 0.25) is 11.8 Å². The van der Waals surface area contributed by atoms with Crippen molar-refractivity contribution in [2.45, 2.75) is 31.2 Å². The molecule has 0 aliphatic carbocycles. The molecule has 0 saturated carbocycles. The minimum absolute atomic E-state index is 0. The van der Waals surface area contributed by atoms with E-state index in [1.54, 1.807) is 4.90 Å². The van der Waals surface area contributed by atoms with E-state index >= 15 is 0 Å². The van der Waals surface area contributed by atoms with E-state index in [9.17, 15) is 18.4 Å². The molecule has 0 radical (unpaired) electrons. The summed E-state index contributed by atoms with van der Waals surface area (Å²) in [7, 11) is 0. The molecule has 0 spiro atoms. The molecule has 1 unspecified atom stereocenters. The van der Waals surface area contributed by atoms with Crippen LogP contribution in [0.1, 0.15) is 18.4 Å². The molecule has 8 heteroatoms. The Morgan fingerprint density at radius 2 is 2.08 bits per heavy atom. The average molecular weight is 360 g/mol.